The van der Waals surface area contributed by atoms with Crippen LogP contribution in [-0.2, 0) is 11.2 Å². The SMILES string of the molecule is Cc1cc(C)nc(-n2nc(C)c(CC(=O)N(c3nc4ccccc4s3)c3ccccc3C)c2C)n1. The van der Waals surface area contributed by atoms with Crippen LogP contribution < -0.4 is 4.90 Å². The van der Waals surface area contributed by atoms with Gasteiger partial charge in [0.1, 0.15) is 0 Å². The Hall–Kier alpha value is -3.91. The fourth-order valence-electron chi connectivity index (χ4n) is 4.27. The Balaban J connectivity index is 1.56. The lowest BCUT2D eigenvalue weighted by Crippen LogP contribution is -2.28. The van der Waals surface area contributed by atoms with Crippen molar-refractivity contribution in [1.29, 1.82) is 0 Å². The third-order valence-electron chi connectivity index (χ3n) is 6.01. The van der Waals surface area contributed by atoms with Gasteiger partial charge in [0, 0.05) is 22.6 Å². The van der Waals surface area contributed by atoms with Gasteiger partial charge < -0.3 is 0 Å². The van der Waals surface area contributed by atoms with E-state index in [0.29, 0.717) is 11.1 Å². The molecule has 0 bridgehead atoms. The highest BCUT2D eigenvalue weighted by Gasteiger charge is 2.26. The number of amides is 1. The first-order chi connectivity index (χ1) is 16.8. The fraction of sp³-hybridized carbons (Fsp3) is 0.222. The zero-order valence-electron chi connectivity index (χ0n) is 20.4. The molecular weight excluding hydrogens is 456 g/mol. The number of nitrogens with zero attached hydrogens (tertiary/aromatic N) is 6. The standard InChI is InChI=1S/C27H26N6OS/c1-16-10-6-8-12-23(16)32(27-30-22-11-7-9-13-24(22)35-27)25(34)15-21-19(4)31-33(20(21)5)26-28-17(2)14-18(3)29-26/h6-14H,15H2,1-5H3. The van der Waals surface area contributed by atoms with E-state index in [-0.39, 0.29) is 12.3 Å². The molecule has 0 radical (unpaired) electrons. The molecule has 5 rings (SSSR count). The van der Waals surface area contributed by atoms with Crippen LogP contribution in [0.1, 0.15) is 33.9 Å². The predicted octanol–water partition coefficient (Wildman–Crippen LogP) is 5.72. The summed E-state index contributed by atoms with van der Waals surface area (Å²) < 4.78 is 2.77. The van der Waals surface area contributed by atoms with E-state index in [2.05, 4.69) is 15.1 Å². The van der Waals surface area contributed by atoms with Gasteiger partial charge in [-0.15, -0.1) is 0 Å². The molecule has 0 aliphatic carbocycles. The number of anilines is 2. The number of carbonyl (C=O) groups is 1. The van der Waals surface area contributed by atoms with Crippen molar-refractivity contribution in [3.8, 4) is 5.95 Å². The normalized spacial score (nSPS) is 11.2. The number of aromatic nitrogens is 5. The molecule has 0 unspecified atom stereocenters. The Morgan fingerprint density at radius 1 is 0.914 bits per heavy atom. The van der Waals surface area contributed by atoms with Crippen LogP contribution in [0.3, 0.4) is 0 Å². The van der Waals surface area contributed by atoms with Crippen molar-refractivity contribution in [1.82, 2.24) is 24.7 Å². The molecular formula is C27H26N6OS. The molecule has 1 amide bonds. The minimum atomic E-state index is -0.0644. The summed E-state index contributed by atoms with van der Waals surface area (Å²) in [4.78, 5) is 29.6. The van der Waals surface area contributed by atoms with Gasteiger partial charge in [-0.3, -0.25) is 9.69 Å². The summed E-state index contributed by atoms with van der Waals surface area (Å²) in [6.45, 7) is 9.76. The second-order valence-corrected chi connectivity index (χ2v) is 9.68. The van der Waals surface area contributed by atoms with Crippen molar-refractivity contribution in [3.05, 3.63) is 88.5 Å². The first-order valence-electron chi connectivity index (χ1n) is 11.4. The summed E-state index contributed by atoms with van der Waals surface area (Å²) in [6.07, 6.45) is 0.187. The average molecular weight is 483 g/mol. The summed E-state index contributed by atoms with van der Waals surface area (Å²) in [6, 6.07) is 17.8. The summed E-state index contributed by atoms with van der Waals surface area (Å²) in [5, 5.41) is 5.34. The Kier molecular flexibility index (Phi) is 5.90. The highest BCUT2D eigenvalue weighted by molar-refractivity contribution is 7.22. The molecule has 0 N–H and O–H groups in total. The smallest absolute Gasteiger partial charge is 0.251 e. The zero-order valence-corrected chi connectivity index (χ0v) is 21.2. The van der Waals surface area contributed by atoms with Gasteiger partial charge in [0.15, 0.2) is 5.13 Å². The largest absolute Gasteiger partial charge is 0.274 e. The summed E-state index contributed by atoms with van der Waals surface area (Å²) >= 11 is 1.51. The van der Waals surface area contributed by atoms with Crippen LogP contribution in [0.15, 0.2) is 54.6 Å². The van der Waals surface area contributed by atoms with E-state index in [0.717, 1.165) is 49.8 Å². The van der Waals surface area contributed by atoms with Gasteiger partial charge >= 0.3 is 0 Å². The van der Waals surface area contributed by atoms with Crippen LogP contribution >= 0.6 is 11.3 Å². The summed E-state index contributed by atoms with van der Waals surface area (Å²) in [5.41, 5.74) is 6.98. The minimum Gasteiger partial charge on any atom is -0.274 e. The van der Waals surface area contributed by atoms with Crippen molar-refractivity contribution < 1.29 is 4.79 Å². The average Bonchev–Trinajstić information content (AvgIpc) is 3.36. The monoisotopic (exact) mass is 482 g/mol. The number of thiazole rings is 1. The molecule has 2 aromatic carbocycles. The Morgan fingerprint density at radius 3 is 2.31 bits per heavy atom. The molecule has 0 atom stereocenters. The van der Waals surface area contributed by atoms with E-state index < -0.39 is 0 Å². The Morgan fingerprint density at radius 2 is 1.60 bits per heavy atom. The van der Waals surface area contributed by atoms with Gasteiger partial charge in [0.05, 0.1) is 28.0 Å². The molecule has 0 aliphatic heterocycles. The van der Waals surface area contributed by atoms with Crippen LogP contribution in [0.5, 0.6) is 0 Å². The Bertz CT molecular complexity index is 1510. The lowest BCUT2D eigenvalue weighted by molar-refractivity contribution is -0.117. The third-order valence-corrected chi connectivity index (χ3v) is 7.03. The van der Waals surface area contributed by atoms with Gasteiger partial charge in [-0.05, 0) is 64.4 Å². The number of hydrogen-bond donors (Lipinski definition) is 0. The van der Waals surface area contributed by atoms with Gasteiger partial charge in [0.2, 0.25) is 5.91 Å². The zero-order chi connectivity index (χ0) is 24.7. The van der Waals surface area contributed by atoms with Gasteiger partial charge in [-0.1, -0.05) is 41.7 Å². The molecule has 3 heterocycles. The molecule has 5 aromatic rings. The first kappa shape index (κ1) is 22.9. The lowest BCUT2D eigenvalue weighted by Gasteiger charge is -2.22. The molecule has 0 aliphatic rings. The van der Waals surface area contributed by atoms with Gasteiger partial charge in [0.25, 0.3) is 5.95 Å². The van der Waals surface area contributed by atoms with Crippen molar-refractivity contribution >= 4 is 38.3 Å². The number of rotatable bonds is 5. The number of para-hydroxylation sites is 2. The number of benzene rings is 2. The molecule has 35 heavy (non-hydrogen) atoms. The molecule has 176 valence electrons. The van der Waals surface area contributed by atoms with Crippen molar-refractivity contribution in [3.63, 3.8) is 0 Å². The maximum atomic E-state index is 13.9. The van der Waals surface area contributed by atoms with Crippen molar-refractivity contribution in [2.45, 2.75) is 41.0 Å². The minimum absolute atomic E-state index is 0.0644. The molecule has 8 heteroatoms. The Labute approximate surface area is 208 Å². The molecule has 3 aromatic heterocycles. The molecule has 0 spiro atoms. The summed E-state index contributed by atoms with van der Waals surface area (Å²) in [5.74, 6) is 0.453. The van der Waals surface area contributed by atoms with E-state index in [1.54, 1.807) is 9.58 Å². The highest BCUT2D eigenvalue weighted by Crippen LogP contribution is 2.35. The van der Waals surface area contributed by atoms with Crippen LogP contribution in [0.2, 0.25) is 0 Å². The first-order valence-corrected chi connectivity index (χ1v) is 12.3. The fourth-order valence-corrected chi connectivity index (χ4v) is 5.27. The molecule has 0 fully saturated rings. The van der Waals surface area contributed by atoms with E-state index in [1.807, 2.05) is 89.2 Å². The second kappa shape index (κ2) is 9.03. The van der Waals surface area contributed by atoms with E-state index >= 15 is 0 Å². The number of aryl methyl sites for hydroxylation is 4. The van der Waals surface area contributed by atoms with Gasteiger partial charge in [-0.2, -0.15) is 5.10 Å². The summed E-state index contributed by atoms with van der Waals surface area (Å²) in [7, 11) is 0. The lowest BCUT2D eigenvalue weighted by atomic mass is 10.1. The maximum Gasteiger partial charge on any atom is 0.251 e. The number of fused-ring (bicyclic) bond motifs is 1. The molecule has 7 nitrogen and oxygen atoms in total. The third kappa shape index (κ3) is 4.33. The maximum absolute atomic E-state index is 13.9. The van der Waals surface area contributed by atoms with Crippen LogP contribution in [-0.4, -0.2) is 30.6 Å². The van der Waals surface area contributed by atoms with Crippen LogP contribution in [0, 0.1) is 34.6 Å². The van der Waals surface area contributed by atoms with Crippen molar-refractivity contribution in [2.75, 3.05) is 4.90 Å². The quantitative estimate of drug-likeness (QED) is 0.320. The topological polar surface area (TPSA) is 76.8 Å². The number of carbonyl (C=O) groups excluding carboxylic acids is 1. The van der Waals surface area contributed by atoms with Crippen LogP contribution in [0.4, 0.5) is 10.8 Å². The second-order valence-electron chi connectivity index (χ2n) is 8.67. The van der Waals surface area contributed by atoms with E-state index in [4.69, 9.17) is 4.98 Å². The molecule has 0 saturated heterocycles. The van der Waals surface area contributed by atoms with E-state index in [1.165, 1.54) is 11.3 Å². The van der Waals surface area contributed by atoms with E-state index in [9.17, 15) is 4.79 Å². The van der Waals surface area contributed by atoms with Crippen LogP contribution in [0.25, 0.3) is 16.2 Å². The van der Waals surface area contributed by atoms with Crippen molar-refractivity contribution in [2.24, 2.45) is 0 Å². The molecule has 0 saturated carbocycles. The number of hydrogen-bond acceptors (Lipinski definition) is 6. The highest BCUT2D eigenvalue weighted by atomic mass is 32.1. The predicted molar refractivity (Wildman–Crippen MR) is 140 cm³/mol. The van der Waals surface area contributed by atoms with Gasteiger partial charge in [-0.25, -0.2) is 19.6 Å².